The van der Waals surface area contributed by atoms with Crippen LogP contribution in [0.2, 0.25) is 0 Å². The Morgan fingerprint density at radius 3 is 1.54 bits per heavy atom. The van der Waals surface area contributed by atoms with Gasteiger partial charge >= 0.3 is 5.97 Å². The van der Waals surface area contributed by atoms with E-state index in [1.165, 1.54) is 136 Å². The first-order valence-corrected chi connectivity index (χ1v) is 22.6. The molecule has 5 nitrogen and oxygen atoms in total. The van der Waals surface area contributed by atoms with E-state index in [1.807, 2.05) is 0 Å². The molecule has 0 radical (unpaired) electrons. The molecule has 0 N–H and O–H groups in total. The van der Waals surface area contributed by atoms with Gasteiger partial charge in [0.1, 0.15) is 0 Å². The third-order valence-electron chi connectivity index (χ3n) is 12.4. The lowest BCUT2D eigenvalue weighted by molar-refractivity contribution is -0.139. The maximum atomic E-state index is 11.9. The molecule has 0 amide bonds. The normalized spacial score (nSPS) is 14.2. The second-order valence-electron chi connectivity index (χ2n) is 17.1. The van der Waals surface area contributed by atoms with Crippen LogP contribution >= 0.6 is 0 Å². The minimum atomic E-state index is -0.289. The molecule has 2 aromatic heterocycles. The SMILES string of the molecule is C=C(C)C(=O)OCCCCCN1Cc2ccc3c(c2)c2cc(CCCCCC)ccc2n3CCCCCn2c3ccc(CCCCCC)cc3c3cc(ccc32)C1. The van der Waals surface area contributed by atoms with E-state index in [0.717, 1.165) is 64.8 Å². The molecule has 0 saturated heterocycles. The van der Waals surface area contributed by atoms with Crippen molar-refractivity contribution in [2.75, 3.05) is 13.2 Å². The molecule has 0 atom stereocenters. The smallest absolute Gasteiger partial charge is 0.333 e. The third-order valence-corrected chi connectivity index (χ3v) is 12.4. The van der Waals surface area contributed by atoms with Gasteiger partial charge in [-0.2, -0.15) is 0 Å². The zero-order chi connectivity index (χ0) is 39.6. The van der Waals surface area contributed by atoms with Gasteiger partial charge < -0.3 is 13.9 Å². The van der Waals surface area contributed by atoms with Crippen LogP contribution in [0.15, 0.2) is 84.9 Å². The summed E-state index contributed by atoms with van der Waals surface area (Å²) < 4.78 is 10.6. The molecular formula is C52H67N3O2. The van der Waals surface area contributed by atoms with E-state index in [-0.39, 0.29) is 5.97 Å². The van der Waals surface area contributed by atoms with Gasteiger partial charge in [-0.15, -0.1) is 0 Å². The highest BCUT2D eigenvalue weighted by molar-refractivity contribution is 6.09. The Morgan fingerprint density at radius 1 is 0.579 bits per heavy atom. The monoisotopic (exact) mass is 766 g/mol. The zero-order valence-corrected chi connectivity index (χ0v) is 35.3. The highest BCUT2D eigenvalue weighted by atomic mass is 16.5. The van der Waals surface area contributed by atoms with Gasteiger partial charge in [-0.05, 0) is 148 Å². The fraction of sp³-hybridized carbons (Fsp3) is 0.481. The molecule has 0 aliphatic carbocycles. The average Bonchev–Trinajstić information content (AvgIpc) is 3.69. The summed E-state index contributed by atoms with van der Waals surface area (Å²) in [4.78, 5) is 14.6. The Morgan fingerprint density at radius 2 is 1.05 bits per heavy atom. The van der Waals surface area contributed by atoms with Crippen LogP contribution in [-0.2, 0) is 48.6 Å². The Balaban J connectivity index is 1.21. The molecule has 4 aromatic carbocycles. The second kappa shape index (κ2) is 19.9. The Hall–Kier alpha value is -4.35. The van der Waals surface area contributed by atoms with E-state index in [4.69, 9.17) is 4.74 Å². The Labute approximate surface area is 342 Å². The van der Waals surface area contributed by atoms with Crippen LogP contribution < -0.4 is 0 Å². The molecule has 0 fully saturated rings. The third kappa shape index (κ3) is 10.0. The number of rotatable bonds is 17. The van der Waals surface area contributed by atoms with Crippen LogP contribution in [0.4, 0.5) is 0 Å². The van der Waals surface area contributed by atoms with E-state index in [0.29, 0.717) is 12.2 Å². The predicted octanol–water partition coefficient (Wildman–Crippen LogP) is 13.6. The summed E-state index contributed by atoms with van der Waals surface area (Å²) in [6, 6.07) is 29.2. The van der Waals surface area contributed by atoms with Crippen molar-refractivity contribution < 1.29 is 9.53 Å². The molecule has 57 heavy (non-hydrogen) atoms. The first-order chi connectivity index (χ1) is 27.9. The van der Waals surface area contributed by atoms with Crippen LogP contribution in [0, 0.1) is 0 Å². The Kier molecular flexibility index (Phi) is 14.2. The quantitative estimate of drug-likeness (QED) is 0.0527. The van der Waals surface area contributed by atoms with Gasteiger partial charge in [-0.25, -0.2) is 4.79 Å². The van der Waals surface area contributed by atoms with Crippen LogP contribution in [0.5, 0.6) is 0 Å². The highest BCUT2D eigenvalue weighted by Crippen LogP contribution is 2.35. The van der Waals surface area contributed by atoms with Gasteiger partial charge in [0, 0.05) is 75.4 Å². The number of fused-ring (bicyclic) bond motifs is 3. The minimum Gasteiger partial charge on any atom is -0.462 e. The van der Waals surface area contributed by atoms with Gasteiger partial charge in [0.05, 0.1) is 6.61 Å². The van der Waals surface area contributed by atoms with Crippen molar-refractivity contribution in [2.45, 2.75) is 150 Å². The molecule has 6 aromatic rings. The van der Waals surface area contributed by atoms with Crippen molar-refractivity contribution in [1.82, 2.24) is 14.0 Å². The molecule has 302 valence electrons. The molecule has 3 aliphatic heterocycles. The molecule has 0 unspecified atom stereocenters. The number of carbonyl (C=O) groups is 1. The molecular weight excluding hydrogens is 699 g/mol. The molecule has 0 saturated carbocycles. The zero-order valence-electron chi connectivity index (χ0n) is 35.3. The minimum absolute atomic E-state index is 0.289. The number of aromatic nitrogens is 2. The molecule has 8 bridgehead atoms. The van der Waals surface area contributed by atoms with Crippen molar-refractivity contribution in [3.63, 3.8) is 0 Å². The van der Waals surface area contributed by atoms with Gasteiger partial charge in [-0.3, -0.25) is 4.90 Å². The summed E-state index contributed by atoms with van der Waals surface area (Å²) in [6.07, 6.45) is 19.1. The second-order valence-corrected chi connectivity index (χ2v) is 17.1. The number of aryl methyl sites for hydroxylation is 4. The van der Waals surface area contributed by atoms with Crippen molar-refractivity contribution in [2.24, 2.45) is 0 Å². The van der Waals surface area contributed by atoms with Crippen LogP contribution in [-0.4, -0.2) is 33.2 Å². The summed E-state index contributed by atoms with van der Waals surface area (Å²) in [6.45, 7) is 15.3. The van der Waals surface area contributed by atoms with Crippen molar-refractivity contribution >= 4 is 49.6 Å². The highest BCUT2D eigenvalue weighted by Gasteiger charge is 2.17. The number of unbranched alkanes of at least 4 members (excludes halogenated alkanes) is 8. The standard InChI is InChI=1S/C52H67N3O2/c1-5-7-9-13-19-40-21-25-48-44(33-40)46-35-42-23-27-50(46)54(48)30-16-11-17-31-55-49-26-22-41(20-14-10-8-6-2)34-45(49)47-36-43(24-28-51(47)55)38-53(37-42)29-15-12-18-32-57-52(56)39(3)4/h21-28,33-36H,3,5-20,29-32,37-38H2,1-2,4H3. The fourth-order valence-corrected chi connectivity index (χ4v) is 9.25. The van der Waals surface area contributed by atoms with E-state index in [2.05, 4.69) is 107 Å². The number of carbonyl (C=O) groups excluding carboxylic acids is 1. The average molecular weight is 766 g/mol. The number of hydrogen-bond acceptors (Lipinski definition) is 3. The Bertz CT molecular complexity index is 2150. The summed E-state index contributed by atoms with van der Waals surface area (Å²) in [5.74, 6) is -0.289. The molecule has 3 aliphatic rings. The van der Waals surface area contributed by atoms with Crippen molar-refractivity contribution in [3.8, 4) is 0 Å². The van der Waals surface area contributed by atoms with Crippen LogP contribution in [0.25, 0.3) is 43.6 Å². The lowest BCUT2D eigenvalue weighted by atomic mass is 10.0. The molecule has 5 heteroatoms. The van der Waals surface area contributed by atoms with E-state index in [9.17, 15) is 4.79 Å². The first kappa shape index (κ1) is 40.8. The number of benzene rings is 4. The summed E-state index contributed by atoms with van der Waals surface area (Å²) in [5.41, 5.74) is 11.6. The van der Waals surface area contributed by atoms with Gasteiger partial charge in [0.2, 0.25) is 0 Å². The van der Waals surface area contributed by atoms with E-state index < -0.39 is 0 Å². The predicted molar refractivity (Wildman–Crippen MR) is 242 cm³/mol. The lowest BCUT2D eigenvalue weighted by Crippen LogP contribution is -2.24. The molecule has 0 spiro atoms. The van der Waals surface area contributed by atoms with Crippen molar-refractivity contribution in [3.05, 3.63) is 107 Å². The van der Waals surface area contributed by atoms with Gasteiger partial charge in [0.25, 0.3) is 0 Å². The van der Waals surface area contributed by atoms with Gasteiger partial charge in [0.15, 0.2) is 0 Å². The number of hydrogen-bond donors (Lipinski definition) is 0. The number of ether oxygens (including phenoxy) is 1. The summed E-state index contributed by atoms with van der Waals surface area (Å²) in [7, 11) is 0. The topological polar surface area (TPSA) is 39.4 Å². The molecule has 5 heterocycles. The lowest BCUT2D eigenvalue weighted by Gasteiger charge is -2.23. The van der Waals surface area contributed by atoms with Gasteiger partial charge in [-0.1, -0.05) is 83.2 Å². The first-order valence-electron chi connectivity index (χ1n) is 22.6. The summed E-state index contributed by atoms with van der Waals surface area (Å²) in [5, 5.41) is 5.62. The van der Waals surface area contributed by atoms with Crippen LogP contribution in [0.1, 0.15) is 133 Å². The summed E-state index contributed by atoms with van der Waals surface area (Å²) >= 11 is 0. The fourth-order valence-electron chi connectivity index (χ4n) is 9.25. The van der Waals surface area contributed by atoms with Crippen molar-refractivity contribution in [1.29, 1.82) is 0 Å². The number of nitrogens with zero attached hydrogens (tertiary/aromatic N) is 3. The maximum absolute atomic E-state index is 11.9. The van der Waals surface area contributed by atoms with Crippen LogP contribution in [0.3, 0.4) is 0 Å². The number of esters is 1. The van der Waals surface area contributed by atoms with E-state index in [1.54, 1.807) is 6.92 Å². The largest absolute Gasteiger partial charge is 0.462 e. The maximum Gasteiger partial charge on any atom is 0.333 e. The molecule has 9 rings (SSSR count). The van der Waals surface area contributed by atoms with E-state index >= 15 is 0 Å².